The van der Waals surface area contributed by atoms with E-state index in [1.54, 1.807) is 24.7 Å². The molecule has 0 unspecified atom stereocenters. The number of esters is 1. The normalized spacial score (nSPS) is 14.9. The van der Waals surface area contributed by atoms with Gasteiger partial charge in [-0.2, -0.15) is 0 Å². The summed E-state index contributed by atoms with van der Waals surface area (Å²) < 4.78 is 33.5. The predicted molar refractivity (Wildman–Crippen MR) is 157 cm³/mol. The molecule has 7 nitrogen and oxygen atoms in total. The number of anilines is 1. The van der Waals surface area contributed by atoms with Gasteiger partial charge in [0.05, 0.1) is 24.9 Å². The van der Waals surface area contributed by atoms with E-state index in [-0.39, 0.29) is 23.6 Å². The minimum atomic E-state index is -0.744. The van der Waals surface area contributed by atoms with E-state index < -0.39 is 17.2 Å². The number of aromatic nitrogens is 1. The number of pyridine rings is 1. The lowest BCUT2D eigenvalue weighted by Crippen LogP contribution is -2.31. The number of hydrogen-bond acceptors (Lipinski definition) is 6. The first-order valence-electron chi connectivity index (χ1n) is 13.2. The first-order chi connectivity index (χ1) is 19.4. The van der Waals surface area contributed by atoms with Crippen molar-refractivity contribution < 1.29 is 23.4 Å². The Labute approximate surface area is 240 Å². The third-order valence-electron chi connectivity index (χ3n) is 7.11. The number of rotatable bonds is 9. The number of fused-ring (bicyclic) bond motifs is 1. The van der Waals surface area contributed by atoms with E-state index in [0.29, 0.717) is 29.2 Å². The predicted octanol–water partition coefficient (Wildman–Crippen LogP) is 6.26. The first-order valence-corrected chi connectivity index (χ1v) is 14.3. The van der Waals surface area contributed by atoms with Crippen molar-refractivity contribution in [1.82, 2.24) is 4.57 Å². The van der Waals surface area contributed by atoms with Gasteiger partial charge in [-0.05, 0) is 73.9 Å². The molecule has 1 aliphatic rings. The minimum absolute atomic E-state index is 0.112. The monoisotopic (exact) mass is 608 g/mol. The van der Waals surface area contributed by atoms with Gasteiger partial charge in [-0.25, -0.2) is 9.18 Å². The molecule has 9 heteroatoms. The van der Waals surface area contributed by atoms with Crippen LogP contribution in [0, 0.1) is 5.82 Å². The molecule has 2 heterocycles. The van der Waals surface area contributed by atoms with Crippen molar-refractivity contribution in [2.75, 3.05) is 30.5 Å². The molecule has 40 heavy (non-hydrogen) atoms. The van der Waals surface area contributed by atoms with Gasteiger partial charge in [-0.1, -0.05) is 28.1 Å². The van der Waals surface area contributed by atoms with Crippen LogP contribution in [0.3, 0.4) is 0 Å². The maximum Gasteiger partial charge on any atom is 0.343 e. The number of hydrogen-bond donors (Lipinski definition) is 0. The highest BCUT2D eigenvalue weighted by molar-refractivity contribution is 9.09. The van der Waals surface area contributed by atoms with Crippen LogP contribution in [0.15, 0.2) is 71.7 Å². The lowest BCUT2D eigenvalue weighted by Gasteiger charge is -2.26. The quantitative estimate of drug-likeness (QED) is 0.165. The van der Waals surface area contributed by atoms with Crippen molar-refractivity contribution in [3.8, 4) is 17.2 Å². The molecule has 3 aromatic carbocycles. The Morgan fingerprint density at radius 2 is 1.80 bits per heavy atom. The van der Waals surface area contributed by atoms with Crippen LogP contribution < -0.4 is 19.8 Å². The van der Waals surface area contributed by atoms with E-state index in [1.165, 1.54) is 12.3 Å². The molecule has 1 saturated heterocycles. The molecule has 1 aliphatic heterocycles. The summed E-state index contributed by atoms with van der Waals surface area (Å²) in [7, 11) is 1.62. The molecule has 0 bridgehead atoms. The van der Waals surface area contributed by atoms with Crippen LogP contribution in [0.5, 0.6) is 11.5 Å². The molecule has 208 valence electrons. The van der Waals surface area contributed by atoms with Crippen molar-refractivity contribution in [2.45, 2.75) is 32.4 Å². The van der Waals surface area contributed by atoms with E-state index in [0.717, 1.165) is 36.0 Å². The average molecular weight is 609 g/mol. The van der Waals surface area contributed by atoms with E-state index >= 15 is 4.39 Å². The zero-order valence-corrected chi connectivity index (χ0v) is 23.9. The first kappa shape index (κ1) is 27.7. The highest BCUT2D eigenvalue weighted by Gasteiger charge is 2.27. The minimum Gasteiger partial charge on any atom is -0.497 e. The maximum absolute atomic E-state index is 15.5. The summed E-state index contributed by atoms with van der Waals surface area (Å²) in [6.45, 7) is 2.89. The summed E-state index contributed by atoms with van der Waals surface area (Å²) in [6, 6.07) is 18.0. The fourth-order valence-electron chi connectivity index (χ4n) is 5.03. The van der Waals surface area contributed by atoms with Crippen LogP contribution in [0.2, 0.25) is 0 Å². The van der Waals surface area contributed by atoms with Crippen molar-refractivity contribution in [3.05, 3.63) is 94.0 Å². The SMILES string of the molecule is CCOC(=O)c1cn(-c2ccc(OCc3ccc(OC)cc3)cc2)c2cc(N3CCC[C@@H]3CBr)c(F)cc2c1=O. The molecule has 0 saturated carbocycles. The Hall–Kier alpha value is -3.85. The molecular weight excluding hydrogens is 579 g/mol. The van der Waals surface area contributed by atoms with Crippen molar-refractivity contribution in [1.29, 1.82) is 0 Å². The van der Waals surface area contributed by atoms with E-state index in [4.69, 9.17) is 14.2 Å². The fraction of sp³-hybridized carbons (Fsp3) is 0.290. The van der Waals surface area contributed by atoms with Crippen LogP contribution in [0.4, 0.5) is 10.1 Å². The lowest BCUT2D eigenvalue weighted by molar-refractivity contribution is 0.0524. The number of methoxy groups -OCH3 is 1. The van der Waals surface area contributed by atoms with Gasteiger partial charge < -0.3 is 23.7 Å². The van der Waals surface area contributed by atoms with Crippen LogP contribution in [-0.2, 0) is 11.3 Å². The Morgan fingerprint density at radius 1 is 1.07 bits per heavy atom. The van der Waals surface area contributed by atoms with Gasteiger partial charge >= 0.3 is 5.97 Å². The Kier molecular flexibility index (Phi) is 8.40. The summed E-state index contributed by atoms with van der Waals surface area (Å²) >= 11 is 3.54. The van der Waals surface area contributed by atoms with Gasteiger partial charge in [-0.15, -0.1) is 0 Å². The number of nitrogens with zero attached hydrogens (tertiary/aromatic N) is 2. The second-order valence-corrected chi connectivity index (χ2v) is 10.2. The standard InChI is InChI=1S/C31H30BrFN2O5/c1-3-39-31(37)26-18-35(21-8-12-24(13-9-21)40-19-20-6-10-23(38-2)11-7-20)28-16-29(27(33)15-25(28)30(26)36)34-14-4-5-22(34)17-32/h6-13,15-16,18,22H,3-5,14,17,19H2,1-2H3/t22-/m1/s1. The number of ether oxygens (including phenoxy) is 3. The van der Waals surface area contributed by atoms with Gasteiger partial charge in [0.15, 0.2) is 0 Å². The van der Waals surface area contributed by atoms with Crippen molar-refractivity contribution >= 4 is 38.5 Å². The topological polar surface area (TPSA) is 70.0 Å². The number of halogens is 2. The third kappa shape index (κ3) is 5.56. The highest BCUT2D eigenvalue weighted by atomic mass is 79.9. The Morgan fingerprint density at radius 3 is 2.48 bits per heavy atom. The number of carbonyl (C=O) groups excluding carboxylic acids is 1. The maximum atomic E-state index is 15.5. The second kappa shape index (κ2) is 12.1. The van der Waals surface area contributed by atoms with Crippen molar-refractivity contribution in [3.63, 3.8) is 0 Å². The van der Waals surface area contributed by atoms with Gasteiger partial charge in [0.1, 0.15) is 29.5 Å². The number of benzene rings is 3. The number of alkyl halides is 1. The fourth-order valence-corrected chi connectivity index (χ4v) is 5.70. The smallest absolute Gasteiger partial charge is 0.343 e. The Bertz CT molecular complexity index is 1570. The van der Waals surface area contributed by atoms with Gasteiger partial charge in [-0.3, -0.25) is 4.79 Å². The summed E-state index contributed by atoms with van der Waals surface area (Å²) in [6.07, 6.45) is 3.39. The third-order valence-corrected chi connectivity index (χ3v) is 7.86. The van der Waals surface area contributed by atoms with E-state index in [1.807, 2.05) is 53.4 Å². The van der Waals surface area contributed by atoms with E-state index in [2.05, 4.69) is 15.9 Å². The molecule has 0 amide bonds. The zero-order chi connectivity index (χ0) is 28.2. The van der Waals surface area contributed by atoms with Gasteiger partial charge in [0.25, 0.3) is 0 Å². The number of carbonyl (C=O) groups is 1. The molecule has 4 aromatic rings. The zero-order valence-electron chi connectivity index (χ0n) is 22.4. The molecule has 0 spiro atoms. The molecule has 0 aliphatic carbocycles. The average Bonchev–Trinajstić information content (AvgIpc) is 3.46. The van der Waals surface area contributed by atoms with Crippen LogP contribution in [0.1, 0.15) is 35.7 Å². The highest BCUT2D eigenvalue weighted by Crippen LogP contribution is 2.33. The molecule has 1 atom stereocenters. The largest absolute Gasteiger partial charge is 0.497 e. The summed E-state index contributed by atoms with van der Waals surface area (Å²) in [5, 5.41) is 0.832. The van der Waals surface area contributed by atoms with Gasteiger partial charge in [0.2, 0.25) is 5.43 Å². The molecule has 0 radical (unpaired) electrons. The van der Waals surface area contributed by atoms with Crippen LogP contribution >= 0.6 is 15.9 Å². The molecule has 0 N–H and O–H groups in total. The summed E-state index contributed by atoms with van der Waals surface area (Å²) in [5.74, 6) is 0.192. The Balaban J connectivity index is 1.54. The summed E-state index contributed by atoms with van der Waals surface area (Å²) in [5.41, 5.74) is 1.90. The lowest BCUT2D eigenvalue weighted by atomic mass is 10.1. The molecule has 1 aromatic heterocycles. The molecule has 5 rings (SSSR count). The summed E-state index contributed by atoms with van der Waals surface area (Å²) in [4.78, 5) is 28.0. The molecular formula is C31H30BrFN2O5. The molecule has 1 fully saturated rings. The van der Waals surface area contributed by atoms with Gasteiger partial charge in [0, 0.05) is 35.2 Å². The van der Waals surface area contributed by atoms with Crippen molar-refractivity contribution in [2.24, 2.45) is 0 Å². The van der Waals surface area contributed by atoms with Crippen LogP contribution in [-0.4, -0.2) is 42.2 Å². The van der Waals surface area contributed by atoms with E-state index in [9.17, 15) is 9.59 Å². The second-order valence-electron chi connectivity index (χ2n) is 9.56. The van der Waals surface area contributed by atoms with Crippen LogP contribution in [0.25, 0.3) is 16.6 Å².